The summed E-state index contributed by atoms with van der Waals surface area (Å²) in [5.41, 5.74) is 5.89. The third-order valence-electron chi connectivity index (χ3n) is 10.1. The van der Waals surface area contributed by atoms with E-state index in [2.05, 4.69) is 50.9 Å². The lowest BCUT2D eigenvalue weighted by atomic mass is 9.99. The number of carbonyl (C=O) groups is 4. The number of amides is 4. The van der Waals surface area contributed by atoms with E-state index in [9.17, 15) is 19.2 Å². The fraction of sp³-hybridized carbons (Fsp3) is 0.268. The quantitative estimate of drug-likeness (QED) is 0.149. The molecule has 6 heterocycles. The minimum atomic E-state index is -0.998. The second kappa shape index (κ2) is 14.7. The Labute approximate surface area is 325 Å². The number of piperidine rings is 1. The number of aromatic nitrogens is 5. The Morgan fingerprint density at radius 1 is 1.04 bits per heavy atom. The maximum Gasteiger partial charge on any atom is 0.262 e. The van der Waals surface area contributed by atoms with E-state index in [1.54, 1.807) is 35.7 Å². The van der Waals surface area contributed by atoms with Gasteiger partial charge in [-0.05, 0) is 68.4 Å². The van der Waals surface area contributed by atoms with Gasteiger partial charge in [0.05, 0.1) is 33.5 Å². The third-order valence-corrected chi connectivity index (χ3v) is 11.5. The van der Waals surface area contributed by atoms with Crippen LogP contribution in [0.1, 0.15) is 97.7 Å². The van der Waals surface area contributed by atoms with E-state index < -0.39 is 29.7 Å². The first-order valence-corrected chi connectivity index (χ1v) is 19.2. The molecule has 14 heteroatoms. The number of hydrogen-bond acceptors (Lipinski definition) is 9. The summed E-state index contributed by atoms with van der Waals surface area (Å²) in [6, 6.07) is 11.8. The first-order chi connectivity index (χ1) is 26.6. The van der Waals surface area contributed by atoms with E-state index >= 15 is 0 Å². The van der Waals surface area contributed by atoms with Crippen LogP contribution in [0.4, 0.5) is 0 Å². The molecular weight excluding hydrogens is 736 g/mol. The lowest BCUT2D eigenvalue weighted by Crippen LogP contribution is -2.54. The van der Waals surface area contributed by atoms with Gasteiger partial charge in [0.25, 0.3) is 11.8 Å². The second-order valence-electron chi connectivity index (χ2n) is 13.8. The highest BCUT2D eigenvalue weighted by molar-refractivity contribution is 7.15. The van der Waals surface area contributed by atoms with Crippen LogP contribution in [-0.2, 0) is 22.7 Å². The van der Waals surface area contributed by atoms with Gasteiger partial charge in [0.1, 0.15) is 23.4 Å². The van der Waals surface area contributed by atoms with Crippen LogP contribution in [0, 0.1) is 31.6 Å². The molecule has 1 saturated heterocycles. The zero-order chi connectivity index (χ0) is 38.4. The Balaban J connectivity index is 0.924. The first kappa shape index (κ1) is 36.0. The molecule has 1 N–H and O–H groups in total. The molecule has 4 amide bonds. The normalized spacial score (nSPS) is 17.0. The fourth-order valence-electron chi connectivity index (χ4n) is 7.20. The third kappa shape index (κ3) is 6.83. The highest BCUT2D eigenvalue weighted by Gasteiger charge is 2.45. The summed E-state index contributed by atoms with van der Waals surface area (Å²) in [6.45, 7) is 7.24. The van der Waals surface area contributed by atoms with Crippen LogP contribution in [0.2, 0.25) is 5.02 Å². The summed E-state index contributed by atoms with van der Waals surface area (Å²) in [5.74, 6) is 6.40. The van der Waals surface area contributed by atoms with Crippen molar-refractivity contribution in [2.45, 2.75) is 65.6 Å². The minimum Gasteiger partial charge on any atom is -0.295 e. The number of benzene rings is 2. The molecule has 12 nitrogen and oxygen atoms in total. The monoisotopic (exact) mass is 770 g/mol. The van der Waals surface area contributed by atoms with Gasteiger partial charge in [0, 0.05) is 35.3 Å². The molecule has 5 aromatic rings. The zero-order valence-corrected chi connectivity index (χ0v) is 31.9. The minimum absolute atomic E-state index is 0.0765. The lowest BCUT2D eigenvalue weighted by molar-refractivity contribution is -0.136. The Morgan fingerprint density at radius 2 is 1.85 bits per heavy atom. The van der Waals surface area contributed by atoms with Crippen molar-refractivity contribution in [1.82, 2.24) is 34.8 Å². The topological polar surface area (TPSA) is 144 Å². The van der Waals surface area contributed by atoms with E-state index in [1.165, 1.54) is 0 Å². The first-order valence-electron chi connectivity index (χ1n) is 18.0. The average molecular weight is 771 g/mol. The summed E-state index contributed by atoms with van der Waals surface area (Å²) < 4.78 is 3.97. The highest BCUT2D eigenvalue weighted by atomic mass is 35.5. The van der Waals surface area contributed by atoms with Gasteiger partial charge in [-0.1, -0.05) is 66.8 Å². The lowest BCUT2D eigenvalue weighted by Gasteiger charge is -2.27. The molecule has 8 rings (SSSR count). The van der Waals surface area contributed by atoms with Crippen LogP contribution in [0.3, 0.4) is 0 Å². The van der Waals surface area contributed by atoms with Gasteiger partial charge in [0.15, 0.2) is 5.82 Å². The van der Waals surface area contributed by atoms with Crippen molar-refractivity contribution in [3.63, 3.8) is 0 Å². The van der Waals surface area contributed by atoms with Crippen LogP contribution < -0.4 is 5.32 Å². The van der Waals surface area contributed by atoms with Crippen molar-refractivity contribution >= 4 is 58.4 Å². The largest absolute Gasteiger partial charge is 0.295 e. The maximum absolute atomic E-state index is 13.4. The zero-order valence-electron chi connectivity index (χ0n) is 30.3. The number of nitrogens with one attached hydrogen (secondary N) is 1. The molecule has 0 radical (unpaired) electrons. The molecule has 0 aliphatic carbocycles. The summed E-state index contributed by atoms with van der Waals surface area (Å²) in [4.78, 5) is 57.6. The molecular formula is C41H35ClN8O4S. The van der Waals surface area contributed by atoms with Gasteiger partial charge >= 0.3 is 0 Å². The van der Waals surface area contributed by atoms with Gasteiger partial charge in [-0.2, -0.15) is 5.10 Å². The van der Waals surface area contributed by atoms with Crippen LogP contribution in [0.25, 0.3) is 11.1 Å². The van der Waals surface area contributed by atoms with Crippen molar-refractivity contribution in [3.05, 3.63) is 121 Å². The predicted octanol–water partition coefficient (Wildman–Crippen LogP) is 6.08. The molecule has 0 spiro atoms. The van der Waals surface area contributed by atoms with E-state index in [0.717, 1.165) is 67.2 Å². The maximum atomic E-state index is 13.4. The van der Waals surface area contributed by atoms with Gasteiger partial charge < -0.3 is 0 Å². The van der Waals surface area contributed by atoms with Gasteiger partial charge in [-0.25, -0.2) is 0 Å². The smallest absolute Gasteiger partial charge is 0.262 e. The van der Waals surface area contributed by atoms with Crippen molar-refractivity contribution in [2.24, 2.45) is 10.9 Å². The second-order valence-corrected chi connectivity index (χ2v) is 15.3. The molecule has 3 aliphatic heterocycles. The number of allylic oxidation sites excluding steroid dienone is 1. The van der Waals surface area contributed by atoms with Crippen molar-refractivity contribution in [3.8, 4) is 16.8 Å². The number of rotatable bonds is 8. The van der Waals surface area contributed by atoms with E-state index in [1.807, 2.05) is 54.2 Å². The molecule has 2 aromatic carbocycles. The van der Waals surface area contributed by atoms with Crippen molar-refractivity contribution in [2.75, 3.05) is 0 Å². The number of carbonyl (C=O) groups excluding carboxylic acids is 4. The summed E-state index contributed by atoms with van der Waals surface area (Å²) >= 11 is 7.80. The number of hydrogen-bond donors (Lipinski definition) is 1. The number of thiophene rings is 1. The Bertz CT molecular complexity index is 2530. The Kier molecular flexibility index (Phi) is 9.63. The van der Waals surface area contributed by atoms with Crippen LogP contribution in [-0.4, -0.2) is 64.8 Å². The molecule has 276 valence electrons. The van der Waals surface area contributed by atoms with E-state index in [-0.39, 0.29) is 29.9 Å². The molecule has 55 heavy (non-hydrogen) atoms. The molecule has 0 bridgehead atoms. The van der Waals surface area contributed by atoms with Crippen molar-refractivity contribution in [1.29, 1.82) is 0 Å². The molecule has 2 unspecified atom stereocenters. The molecule has 2 atom stereocenters. The van der Waals surface area contributed by atoms with Gasteiger partial charge in [0.2, 0.25) is 11.8 Å². The molecule has 1 fully saturated rings. The Morgan fingerprint density at radius 3 is 2.65 bits per heavy atom. The van der Waals surface area contributed by atoms with Crippen LogP contribution >= 0.6 is 22.9 Å². The molecule has 0 saturated carbocycles. The number of nitrogens with zero attached hydrogens (tertiary/aromatic N) is 7. The van der Waals surface area contributed by atoms with Crippen molar-refractivity contribution < 1.29 is 19.2 Å². The van der Waals surface area contributed by atoms with E-state index in [0.29, 0.717) is 23.7 Å². The number of aliphatic imine (C=N–C) groups is 1. The number of aryl methyl sites for hydroxylation is 2. The highest BCUT2D eigenvalue weighted by Crippen LogP contribution is 2.37. The Hall–Kier alpha value is -5.97. The molecule has 3 aromatic heterocycles. The number of fused-ring (bicyclic) bond motifs is 4. The van der Waals surface area contributed by atoms with Gasteiger partial charge in [-0.3, -0.25) is 43.6 Å². The predicted molar refractivity (Wildman–Crippen MR) is 208 cm³/mol. The van der Waals surface area contributed by atoms with Crippen LogP contribution in [0.15, 0.2) is 65.9 Å². The van der Waals surface area contributed by atoms with Crippen LogP contribution in [0.5, 0.6) is 0 Å². The summed E-state index contributed by atoms with van der Waals surface area (Å²) in [7, 11) is 0. The van der Waals surface area contributed by atoms with E-state index in [4.69, 9.17) is 16.6 Å². The summed E-state index contributed by atoms with van der Waals surface area (Å²) in [5, 5.41) is 17.2. The van der Waals surface area contributed by atoms with Gasteiger partial charge in [-0.15, -0.1) is 21.5 Å². The average Bonchev–Trinajstić information content (AvgIpc) is 3.89. The fourth-order valence-corrected chi connectivity index (χ4v) is 8.55. The summed E-state index contributed by atoms with van der Waals surface area (Å²) in [6.07, 6.45) is 9.54. The number of imide groups is 2. The molecule has 3 aliphatic rings. The number of halogens is 1. The standard InChI is InChI=1S/C41H35ClN8O4S/c1-23(9-11-27-7-4-8-30-36(27)40(54)50(39(30)53)31-16-18-34(51)45-38(31)52)6-5-19-48-22-26(20-44-48)10-17-32-24(2)35-37(28-12-14-29(42)15-13-28)43-21-33-47-46-25(3)49(33)41(35)55-32/h4,7-9,11-15,20,22-23,31H,5-6,16,18-19,21H2,1-3H3,(H,45,51,52)/b11-9+. The SMILES string of the molecule is Cc1c(C#Cc2cnn(CCCC(C)/C=C/c3cccc4c3C(=O)N(C3CCC(=O)NC3=O)C4=O)c2)sc2c1C(c1ccc(Cl)cc1)=NCc1nnc(C)n1-2.